The Kier molecular flexibility index (Phi) is 6.95. The standard InChI is InChI=1S/C9H16O6S/c1-3-14-7-8(2)9(10)15-5-4-6-16(11,12)13/h2-7H2,1H3,(H,11,12,13). The molecule has 0 aromatic rings. The monoisotopic (exact) mass is 252 g/mol. The molecule has 0 saturated carbocycles. The van der Waals surface area contributed by atoms with Crippen molar-refractivity contribution in [1.82, 2.24) is 0 Å². The summed E-state index contributed by atoms with van der Waals surface area (Å²) in [7, 11) is -3.99. The second-order valence-corrected chi connectivity index (χ2v) is 4.59. The van der Waals surface area contributed by atoms with E-state index in [9.17, 15) is 13.2 Å². The minimum absolute atomic E-state index is 0.0481. The summed E-state index contributed by atoms with van der Waals surface area (Å²) >= 11 is 0. The number of carbonyl (C=O) groups excluding carboxylic acids is 1. The third kappa shape index (κ3) is 8.39. The van der Waals surface area contributed by atoms with Crippen LogP contribution >= 0.6 is 0 Å². The molecule has 0 unspecified atom stereocenters. The molecule has 0 fully saturated rings. The maximum absolute atomic E-state index is 11.2. The van der Waals surface area contributed by atoms with Crippen LogP contribution < -0.4 is 0 Å². The molecule has 1 N–H and O–H groups in total. The van der Waals surface area contributed by atoms with Gasteiger partial charge < -0.3 is 9.47 Å². The lowest BCUT2D eigenvalue weighted by molar-refractivity contribution is -0.139. The van der Waals surface area contributed by atoms with Gasteiger partial charge in [0.25, 0.3) is 10.1 Å². The van der Waals surface area contributed by atoms with Crippen molar-refractivity contribution >= 4 is 16.1 Å². The van der Waals surface area contributed by atoms with Crippen molar-refractivity contribution in [3.05, 3.63) is 12.2 Å². The second-order valence-electron chi connectivity index (χ2n) is 3.02. The Morgan fingerprint density at radius 1 is 1.44 bits per heavy atom. The number of carbonyl (C=O) groups is 1. The third-order valence-corrected chi connectivity index (χ3v) is 2.35. The maximum Gasteiger partial charge on any atom is 0.335 e. The van der Waals surface area contributed by atoms with E-state index in [-0.39, 0.29) is 25.2 Å². The van der Waals surface area contributed by atoms with Crippen molar-refractivity contribution in [1.29, 1.82) is 0 Å². The Morgan fingerprint density at radius 3 is 2.56 bits per heavy atom. The zero-order valence-electron chi connectivity index (χ0n) is 9.14. The first-order valence-corrected chi connectivity index (χ1v) is 6.35. The molecule has 94 valence electrons. The molecule has 0 amide bonds. The van der Waals surface area contributed by atoms with Gasteiger partial charge in [-0.05, 0) is 13.3 Å². The molecule has 0 saturated heterocycles. The molecule has 0 radical (unpaired) electrons. The fourth-order valence-corrected chi connectivity index (χ4v) is 1.28. The van der Waals surface area contributed by atoms with Crippen LogP contribution in [-0.2, 0) is 24.4 Å². The van der Waals surface area contributed by atoms with E-state index in [1.54, 1.807) is 6.92 Å². The van der Waals surface area contributed by atoms with Crippen molar-refractivity contribution in [2.75, 3.05) is 25.6 Å². The van der Waals surface area contributed by atoms with Crippen LogP contribution in [0.2, 0.25) is 0 Å². The van der Waals surface area contributed by atoms with Gasteiger partial charge in [-0.15, -0.1) is 0 Å². The van der Waals surface area contributed by atoms with Crippen LogP contribution in [0.15, 0.2) is 12.2 Å². The van der Waals surface area contributed by atoms with Crippen molar-refractivity contribution in [2.45, 2.75) is 13.3 Å². The largest absolute Gasteiger partial charge is 0.462 e. The molecule has 0 aromatic heterocycles. The van der Waals surface area contributed by atoms with Crippen LogP contribution in [0.5, 0.6) is 0 Å². The van der Waals surface area contributed by atoms with Gasteiger partial charge in [0.15, 0.2) is 0 Å². The molecule has 0 heterocycles. The van der Waals surface area contributed by atoms with Gasteiger partial charge in [0.1, 0.15) is 0 Å². The number of hydrogen-bond donors (Lipinski definition) is 1. The van der Waals surface area contributed by atoms with E-state index < -0.39 is 21.8 Å². The summed E-state index contributed by atoms with van der Waals surface area (Å²) in [6, 6.07) is 0. The summed E-state index contributed by atoms with van der Waals surface area (Å²) in [6.45, 7) is 5.71. The van der Waals surface area contributed by atoms with E-state index in [0.717, 1.165) is 0 Å². The molecular formula is C9H16O6S. The van der Waals surface area contributed by atoms with Crippen LogP contribution in [0.1, 0.15) is 13.3 Å². The van der Waals surface area contributed by atoms with Gasteiger partial charge in [-0.1, -0.05) is 6.58 Å². The molecule has 0 rings (SSSR count). The molecule has 16 heavy (non-hydrogen) atoms. The van der Waals surface area contributed by atoms with Crippen LogP contribution in [0, 0.1) is 0 Å². The first-order valence-electron chi connectivity index (χ1n) is 4.74. The molecule has 0 bridgehead atoms. The maximum atomic E-state index is 11.2. The second kappa shape index (κ2) is 7.37. The average Bonchev–Trinajstić information content (AvgIpc) is 2.19. The summed E-state index contributed by atoms with van der Waals surface area (Å²) in [5.74, 6) is -1.05. The highest BCUT2D eigenvalue weighted by atomic mass is 32.2. The van der Waals surface area contributed by atoms with Gasteiger partial charge in [0, 0.05) is 6.61 Å². The fraction of sp³-hybridized carbons (Fsp3) is 0.667. The topological polar surface area (TPSA) is 89.9 Å². The quantitative estimate of drug-likeness (QED) is 0.291. The SMILES string of the molecule is C=C(COCC)C(=O)OCCCS(=O)(=O)O. The summed E-state index contributed by atoms with van der Waals surface area (Å²) in [5.41, 5.74) is 0.175. The lowest BCUT2D eigenvalue weighted by Crippen LogP contribution is -2.14. The molecule has 0 aliphatic rings. The number of esters is 1. The van der Waals surface area contributed by atoms with E-state index in [4.69, 9.17) is 14.0 Å². The van der Waals surface area contributed by atoms with E-state index in [1.165, 1.54) is 0 Å². The fourth-order valence-electron chi connectivity index (χ4n) is 0.792. The lowest BCUT2D eigenvalue weighted by Gasteiger charge is -2.06. The minimum Gasteiger partial charge on any atom is -0.462 e. The summed E-state index contributed by atoms with van der Waals surface area (Å²) in [5, 5.41) is 0. The van der Waals surface area contributed by atoms with Gasteiger partial charge in [-0.2, -0.15) is 8.42 Å². The Hall–Kier alpha value is -0.920. The van der Waals surface area contributed by atoms with Crippen molar-refractivity contribution in [3.63, 3.8) is 0 Å². The summed E-state index contributed by atoms with van der Waals surface area (Å²) in [6.07, 6.45) is 0.0481. The van der Waals surface area contributed by atoms with Gasteiger partial charge in [0.05, 0.1) is 24.5 Å². The number of ether oxygens (including phenoxy) is 2. The molecule has 0 spiro atoms. The molecule has 0 atom stereocenters. The molecule has 0 aliphatic carbocycles. The van der Waals surface area contributed by atoms with Gasteiger partial charge in [0.2, 0.25) is 0 Å². The normalized spacial score (nSPS) is 11.1. The highest BCUT2D eigenvalue weighted by Crippen LogP contribution is 1.98. The van der Waals surface area contributed by atoms with Crippen molar-refractivity contribution in [2.24, 2.45) is 0 Å². The molecule has 7 heteroatoms. The smallest absolute Gasteiger partial charge is 0.335 e. The zero-order chi connectivity index (χ0) is 12.6. The molecule has 0 aliphatic heterocycles. The van der Waals surface area contributed by atoms with E-state index >= 15 is 0 Å². The Bertz CT molecular complexity index is 332. The highest BCUT2D eigenvalue weighted by Gasteiger charge is 2.09. The van der Waals surface area contributed by atoms with Crippen LogP contribution in [0.25, 0.3) is 0 Å². The predicted octanol–water partition coefficient (Wildman–Crippen LogP) is 0.400. The Labute approximate surface area is 95.0 Å². The van der Waals surface area contributed by atoms with Crippen LogP contribution in [0.4, 0.5) is 0 Å². The molecular weight excluding hydrogens is 236 g/mol. The minimum atomic E-state index is -3.99. The average molecular weight is 252 g/mol. The van der Waals surface area contributed by atoms with Gasteiger partial charge in [-0.25, -0.2) is 4.79 Å². The van der Waals surface area contributed by atoms with E-state index in [0.29, 0.717) is 6.61 Å². The number of rotatable bonds is 8. The van der Waals surface area contributed by atoms with Crippen molar-refractivity contribution < 1.29 is 27.2 Å². The van der Waals surface area contributed by atoms with Gasteiger partial charge in [-0.3, -0.25) is 4.55 Å². The van der Waals surface area contributed by atoms with Crippen LogP contribution in [0.3, 0.4) is 0 Å². The summed E-state index contributed by atoms with van der Waals surface area (Å²) in [4.78, 5) is 11.2. The third-order valence-electron chi connectivity index (χ3n) is 1.55. The van der Waals surface area contributed by atoms with Crippen molar-refractivity contribution in [3.8, 4) is 0 Å². The first-order chi connectivity index (χ1) is 7.37. The van der Waals surface area contributed by atoms with E-state index in [1.807, 2.05) is 0 Å². The number of hydrogen-bond acceptors (Lipinski definition) is 5. The summed E-state index contributed by atoms with van der Waals surface area (Å²) < 4.78 is 38.7. The van der Waals surface area contributed by atoms with E-state index in [2.05, 4.69) is 6.58 Å². The van der Waals surface area contributed by atoms with Gasteiger partial charge >= 0.3 is 5.97 Å². The Balaban J connectivity index is 3.69. The Morgan fingerprint density at radius 2 is 2.06 bits per heavy atom. The zero-order valence-corrected chi connectivity index (χ0v) is 9.96. The lowest BCUT2D eigenvalue weighted by atomic mass is 10.3. The highest BCUT2D eigenvalue weighted by molar-refractivity contribution is 7.85. The predicted molar refractivity (Wildman–Crippen MR) is 57.6 cm³/mol. The first kappa shape index (κ1) is 15.1. The molecule has 0 aromatic carbocycles. The van der Waals surface area contributed by atoms with Crippen LogP contribution in [-0.4, -0.2) is 44.5 Å². The molecule has 6 nitrogen and oxygen atoms in total.